The lowest BCUT2D eigenvalue weighted by molar-refractivity contribution is -0.125. The van der Waals surface area contributed by atoms with Gasteiger partial charge in [0, 0.05) is 55.1 Å². The number of carbonyl (C=O) groups excluding carboxylic acids is 1. The van der Waals surface area contributed by atoms with Crippen LogP contribution < -0.4 is 5.32 Å². The van der Waals surface area contributed by atoms with E-state index in [9.17, 15) is 4.79 Å². The van der Waals surface area contributed by atoms with E-state index in [0.717, 1.165) is 45.4 Å². The van der Waals surface area contributed by atoms with Crippen molar-refractivity contribution in [2.75, 3.05) is 20.1 Å². The molecule has 0 spiro atoms. The van der Waals surface area contributed by atoms with Gasteiger partial charge in [0.1, 0.15) is 0 Å². The molecule has 1 aliphatic carbocycles. The molecule has 26 heavy (non-hydrogen) atoms. The summed E-state index contributed by atoms with van der Waals surface area (Å²) in [5.74, 6) is 0.515. The third-order valence-electron chi connectivity index (χ3n) is 6.21. The van der Waals surface area contributed by atoms with E-state index < -0.39 is 0 Å². The fourth-order valence-corrected chi connectivity index (χ4v) is 4.75. The number of aryl methyl sites for hydroxylation is 1. The number of carbonyl (C=O) groups is 1. The van der Waals surface area contributed by atoms with Gasteiger partial charge in [0.25, 0.3) is 0 Å². The number of hydrogen-bond acceptors (Lipinski definition) is 2. The Hall–Kier alpha value is -1.81. The van der Waals surface area contributed by atoms with E-state index >= 15 is 0 Å². The highest BCUT2D eigenvalue weighted by atomic mass is 16.1. The molecule has 1 N–H and O–H groups in total. The number of fused-ring (bicyclic) bond motifs is 3. The molecule has 4 rings (SSSR count). The van der Waals surface area contributed by atoms with Crippen LogP contribution in [0.25, 0.3) is 10.9 Å². The molecule has 1 aliphatic heterocycles. The lowest BCUT2D eigenvalue weighted by Gasteiger charge is -2.24. The van der Waals surface area contributed by atoms with Gasteiger partial charge in [-0.05, 0) is 44.5 Å². The van der Waals surface area contributed by atoms with Crippen molar-refractivity contribution < 1.29 is 4.79 Å². The van der Waals surface area contributed by atoms with E-state index in [1.807, 2.05) is 0 Å². The second-order valence-electron chi connectivity index (χ2n) is 8.21. The molecule has 1 fully saturated rings. The summed E-state index contributed by atoms with van der Waals surface area (Å²) in [5.41, 5.74) is 5.59. The monoisotopic (exact) mass is 353 g/mol. The average Bonchev–Trinajstić information content (AvgIpc) is 2.95. The van der Waals surface area contributed by atoms with Crippen LogP contribution in [0.15, 0.2) is 18.2 Å². The summed E-state index contributed by atoms with van der Waals surface area (Å²) in [6.07, 6.45) is 6.94. The van der Waals surface area contributed by atoms with Gasteiger partial charge in [-0.1, -0.05) is 30.9 Å². The first kappa shape index (κ1) is 17.6. The Labute approximate surface area is 156 Å². The predicted octanol–water partition coefficient (Wildman–Crippen LogP) is 3.63. The highest BCUT2D eigenvalue weighted by molar-refractivity contribution is 5.86. The summed E-state index contributed by atoms with van der Waals surface area (Å²) < 4.78 is 2.46. The van der Waals surface area contributed by atoms with Gasteiger partial charge in [-0.25, -0.2) is 0 Å². The summed E-state index contributed by atoms with van der Waals surface area (Å²) >= 11 is 0. The van der Waals surface area contributed by atoms with E-state index in [2.05, 4.69) is 47.0 Å². The van der Waals surface area contributed by atoms with Gasteiger partial charge in [-0.2, -0.15) is 0 Å². The second kappa shape index (κ2) is 7.43. The third-order valence-corrected chi connectivity index (χ3v) is 6.21. The van der Waals surface area contributed by atoms with Crippen LogP contribution >= 0.6 is 0 Å². The van der Waals surface area contributed by atoms with Crippen molar-refractivity contribution in [2.24, 2.45) is 5.92 Å². The Morgan fingerprint density at radius 3 is 2.85 bits per heavy atom. The standard InChI is InChI=1S/C22H31N3O/c1-16-8-9-20-18(14-16)19-15-24(2)12-10-21(19)25(20)13-11-23-22(26)17-6-4-3-5-7-17/h8-9,14,17H,3-7,10-13,15H2,1-2H3,(H,23,26). The zero-order chi connectivity index (χ0) is 18.1. The average molecular weight is 354 g/mol. The fourth-order valence-electron chi connectivity index (χ4n) is 4.75. The number of likely N-dealkylation sites (N-methyl/N-ethyl adjacent to an activating group) is 1. The zero-order valence-electron chi connectivity index (χ0n) is 16.2. The molecule has 4 nitrogen and oxygen atoms in total. The molecule has 4 heteroatoms. The summed E-state index contributed by atoms with van der Waals surface area (Å²) in [4.78, 5) is 14.8. The van der Waals surface area contributed by atoms with Crippen LogP contribution in [0.2, 0.25) is 0 Å². The van der Waals surface area contributed by atoms with Gasteiger partial charge in [-0.15, -0.1) is 0 Å². The summed E-state index contributed by atoms with van der Waals surface area (Å²) in [6.45, 7) is 5.90. The normalized spacial score (nSPS) is 18.8. The largest absolute Gasteiger partial charge is 0.354 e. The maximum atomic E-state index is 12.4. The van der Waals surface area contributed by atoms with Crippen molar-refractivity contribution in [3.05, 3.63) is 35.0 Å². The molecule has 1 aromatic heterocycles. The molecule has 0 radical (unpaired) electrons. The second-order valence-corrected chi connectivity index (χ2v) is 8.21. The van der Waals surface area contributed by atoms with Crippen LogP contribution in [0, 0.1) is 12.8 Å². The van der Waals surface area contributed by atoms with E-state index in [1.54, 1.807) is 0 Å². The van der Waals surface area contributed by atoms with E-state index in [-0.39, 0.29) is 11.8 Å². The maximum absolute atomic E-state index is 12.4. The van der Waals surface area contributed by atoms with Crippen LogP contribution in [-0.4, -0.2) is 35.5 Å². The number of nitrogens with one attached hydrogen (secondary N) is 1. The third kappa shape index (κ3) is 3.39. The Bertz CT molecular complexity index is 801. The first-order chi connectivity index (χ1) is 12.6. The van der Waals surface area contributed by atoms with Crippen molar-refractivity contribution >= 4 is 16.8 Å². The fraction of sp³-hybridized carbons (Fsp3) is 0.591. The molecule has 0 atom stereocenters. The number of benzene rings is 1. The molecule has 0 saturated heterocycles. The Balaban J connectivity index is 1.52. The number of nitrogens with zero attached hydrogens (tertiary/aromatic N) is 2. The molecule has 0 bridgehead atoms. The summed E-state index contributed by atoms with van der Waals surface area (Å²) in [6, 6.07) is 6.78. The van der Waals surface area contributed by atoms with E-state index in [1.165, 1.54) is 47.0 Å². The summed E-state index contributed by atoms with van der Waals surface area (Å²) in [7, 11) is 2.20. The van der Waals surface area contributed by atoms with Gasteiger partial charge in [-0.3, -0.25) is 4.79 Å². The van der Waals surface area contributed by atoms with Crippen LogP contribution in [0.4, 0.5) is 0 Å². The molecule has 1 saturated carbocycles. The van der Waals surface area contributed by atoms with Gasteiger partial charge in [0.15, 0.2) is 0 Å². The van der Waals surface area contributed by atoms with Crippen molar-refractivity contribution in [3.63, 3.8) is 0 Å². The Morgan fingerprint density at radius 2 is 2.04 bits per heavy atom. The molecular formula is C22H31N3O. The minimum atomic E-state index is 0.246. The smallest absolute Gasteiger partial charge is 0.223 e. The number of hydrogen-bond donors (Lipinski definition) is 1. The molecule has 2 aromatic rings. The van der Waals surface area contributed by atoms with E-state index in [0.29, 0.717) is 0 Å². The van der Waals surface area contributed by atoms with Gasteiger partial charge < -0.3 is 14.8 Å². The van der Waals surface area contributed by atoms with E-state index in [4.69, 9.17) is 0 Å². The highest BCUT2D eigenvalue weighted by Crippen LogP contribution is 2.31. The maximum Gasteiger partial charge on any atom is 0.223 e. The van der Waals surface area contributed by atoms with Crippen molar-refractivity contribution in [3.8, 4) is 0 Å². The van der Waals surface area contributed by atoms with Gasteiger partial charge in [0.05, 0.1) is 0 Å². The molecule has 1 aromatic carbocycles. The first-order valence-electron chi connectivity index (χ1n) is 10.2. The lowest BCUT2D eigenvalue weighted by atomic mass is 9.89. The lowest BCUT2D eigenvalue weighted by Crippen LogP contribution is -2.34. The van der Waals surface area contributed by atoms with Crippen molar-refractivity contribution in [1.82, 2.24) is 14.8 Å². The Morgan fingerprint density at radius 1 is 1.23 bits per heavy atom. The van der Waals surface area contributed by atoms with Crippen molar-refractivity contribution in [1.29, 1.82) is 0 Å². The first-order valence-corrected chi connectivity index (χ1v) is 10.2. The van der Waals surface area contributed by atoms with Crippen LogP contribution in [-0.2, 0) is 24.3 Å². The summed E-state index contributed by atoms with van der Waals surface area (Å²) in [5, 5.41) is 4.61. The van der Waals surface area contributed by atoms with Gasteiger partial charge in [0.2, 0.25) is 5.91 Å². The van der Waals surface area contributed by atoms with Crippen LogP contribution in [0.1, 0.15) is 48.9 Å². The SMILES string of the molecule is Cc1ccc2c(c1)c1c(n2CCNC(=O)C2CCCCC2)CCN(C)C1. The number of rotatable bonds is 4. The molecule has 0 unspecified atom stereocenters. The van der Waals surface area contributed by atoms with Crippen LogP contribution in [0.5, 0.6) is 0 Å². The van der Waals surface area contributed by atoms with Crippen LogP contribution in [0.3, 0.4) is 0 Å². The molecular weight excluding hydrogens is 322 g/mol. The predicted molar refractivity (Wildman–Crippen MR) is 106 cm³/mol. The quantitative estimate of drug-likeness (QED) is 0.911. The zero-order valence-corrected chi connectivity index (χ0v) is 16.2. The number of aromatic nitrogens is 1. The topological polar surface area (TPSA) is 37.3 Å². The minimum absolute atomic E-state index is 0.246. The Kier molecular flexibility index (Phi) is 5.03. The number of amides is 1. The van der Waals surface area contributed by atoms with Gasteiger partial charge >= 0.3 is 0 Å². The van der Waals surface area contributed by atoms with Crippen molar-refractivity contribution in [2.45, 2.75) is 58.5 Å². The molecule has 140 valence electrons. The molecule has 1 amide bonds. The molecule has 2 heterocycles. The minimum Gasteiger partial charge on any atom is -0.354 e. The molecule has 2 aliphatic rings. The highest BCUT2D eigenvalue weighted by Gasteiger charge is 2.23.